The van der Waals surface area contributed by atoms with Gasteiger partial charge in [-0.2, -0.15) is 0 Å². The topological polar surface area (TPSA) is 91.9 Å². The van der Waals surface area contributed by atoms with Crippen LogP contribution in [0.4, 0.5) is 0 Å². The molecule has 2 heterocycles. The molecule has 0 spiro atoms. The molecule has 2 N–H and O–H groups in total. The molecule has 150 valence electrons. The van der Waals surface area contributed by atoms with Crippen LogP contribution in [0.1, 0.15) is 12.8 Å². The Morgan fingerprint density at radius 3 is 2.34 bits per heavy atom. The van der Waals surface area contributed by atoms with Crippen LogP contribution in [0.3, 0.4) is 0 Å². The number of aromatic amines is 1. The highest BCUT2D eigenvalue weighted by atomic mass is 32.2. The van der Waals surface area contributed by atoms with E-state index in [0.29, 0.717) is 18.0 Å². The highest BCUT2D eigenvalue weighted by molar-refractivity contribution is 7.99. The molecule has 0 aliphatic carbocycles. The van der Waals surface area contributed by atoms with Crippen LogP contribution in [0.5, 0.6) is 0 Å². The molecule has 1 aliphatic rings. The number of rotatable bonds is 6. The van der Waals surface area contributed by atoms with E-state index in [1.54, 1.807) is 0 Å². The zero-order chi connectivity index (χ0) is 20.3. The lowest BCUT2D eigenvalue weighted by Gasteiger charge is -2.11. The summed E-state index contributed by atoms with van der Waals surface area (Å²) in [5, 5.41) is 2.50. The number of amides is 1. The summed E-state index contributed by atoms with van der Waals surface area (Å²) in [4.78, 5) is 20.3. The number of thioether (sulfide) groups is 1. The van der Waals surface area contributed by atoms with Gasteiger partial charge in [0.2, 0.25) is 5.91 Å². The molecule has 2 aromatic carbocycles. The van der Waals surface area contributed by atoms with E-state index in [0.717, 1.165) is 22.5 Å². The third kappa shape index (κ3) is 4.54. The second-order valence-electron chi connectivity index (χ2n) is 6.85. The van der Waals surface area contributed by atoms with E-state index in [4.69, 9.17) is 4.98 Å². The monoisotopic (exact) mass is 427 g/mol. The number of H-pyrrole nitrogens is 1. The predicted molar refractivity (Wildman–Crippen MR) is 115 cm³/mol. The molecule has 1 saturated heterocycles. The minimum atomic E-state index is -3.20. The minimum Gasteiger partial charge on any atom is -0.339 e. The maximum atomic E-state index is 12.3. The number of imidazole rings is 1. The fourth-order valence-electron chi connectivity index (χ4n) is 3.35. The van der Waals surface area contributed by atoms with E-state index >= 15 is 0 Å². The Morgan fingerprint density at radius 1 is 1.07 bits per heavy atom. The number of hydrogen-bond donors (Lipinski definition) is 2. The van der Waals surface area contributed by atoms with E-state index in [-0.39, 0.29) is 17.4 Å². The average molecular weight is 428 g/mol. The summed E-state index contributed by atoms with van der Waals surface area (Å²) < 4.78 is 23.8. The number of sulfone groups is 1. The first-order valence-electron chi connectivity index (χ1n) is 9.37. The minimum absolute atomic E-state index is 0.0992. The second kappa shape index (κ2) is 8.42. The van der Waals surface area contributed by atoms with Crippen LogP contribution in [-0.2, 0) is 14.6 Å². The van der Waals surface area contributed by atoms with Crippen molar-refractivity contribution in [2.24, 2.45) is 0 Å². The molecule has 0 radical (unpaired) electrons. The van der Waals surface area contributed by atoms with Gasteiger partial charge in [0.25, 0.3) is 0 Å². The normalized spacial score (nSPS) is 17.9. The number of carbonyl (C=O) groups excluding carboxylic acids is 1. The highest BCUT2D eigenvalue weighted by Gasteiger charge is 2.32. The lowest BCUT2D eigenvalue weighted by molar-refractivity contribution is -0.118. The summed E-state index contributed by atoms with van der Waals surface area (Å²) in [6.45, 7) is 0. The summed E-state index contributed by atoms with van der Waals surface area (Å²) in [6, 6.07) is 19.8. The number of nitrogens with one attached hydrogen (secondary N) is 2. The molecule has 1 fully saturated rings. The molecular formula is C21H21N3O3S2. The molecular weight excluding hydrogens is 406 g/mol. The Kier molecular flexibility index (Phi) is 5.73. The lowest BCUT2D eigenvalue weighted by atomic mass is 10.1. The van der Waals surface area contributed by atoms with Crippen LogP contribution in [0.2, 0.25) is 0 Å². The maximum absolute atomic E-state index is 12.3. The number of nitrogens with zero attached hydrogens (tertiary/aromatic N) is 1. The fourth-order valence-corrected chi connectivity index (χ4v) is 5.72. The molecule has 1 aliphatic heterocycles. The van der Waals surface area contributed by atoms with Crippen molar-refractivity contribution >= 4 is 27.5 Å². The van der Waals surface area contributed by atoms with E-state index in [9.17, 15) is 13.2 Å². The Balaban J connectivity index is 1.52. The molecule has 1 aromatic heterocycles. The number of hydrogen-bond acceptors (Lipinski definition) is 5. The Bertz CT molecular complexity index is 1040. The smallest absolute Gasteiger partial charge is 0.231 e. The summed E-state index contributed by atoms with van der Waals surface area (Å²) >= 11 is 1.26. The van der Waals surface area contributed by atoms with E-state index < -0.39 is 15.2 Å². The van der Waals surface area contributed by atoms with E-state index in [2.05, 4.69) is 10.3 Å². The van der Waals surface area contributed by atoms with Gasteiger partial charge in [-0.3, -0.25) is 4.79 Å². The summed E-state index contributed by atoms with van der Waals surface area (Å²) in [5.41, 5.74) is 3.69. The predicted octanol–water partition coefficient (Wildman–Crippen LogP) is 3.49. The fraction of sp³-hybridized carbons (Fsp3) is 0.238. The largest absolute Gasteiger partial charge is 0.339 e. The van der Waals surface area contributed by atoms with E-state index in [1.165, 1.54) is 11.8 Å². The number of carbonyl (C=O) groups is 1. The van der Waals surface area contributed by atoms with Crippen molar-refractivity contribution in [3.8, 4) is 22.5 Å². The van der Waals surface area contributed by atoms with Gasteiger partial charge in [-0.05, 0) is 12.8 Å². The van der Waals surface area contributed by atoms with Gasteiger partial charge in [0, 0.05) is 11.1 Å². The molecule has 0 bridgehead atoms. The van der Waals surface area contributed by atoms with Crippen LogP contribution >= 0.6 is 11.8 Å². The Morgan fingerprint density at radius 2 is 1.72 bits per heavy atom. The van der Waals surface area contributed by atoms with Crippen molar-refractivity contribution in [3.63, 3.8) is 0 Å². The van der Waals surface area contributed by atoms with Crippen molar-refractivity contribution in [1.29, 1.82) is 0 Å². The second-order valence-corrected chi connectivity index (χ2v) is 10.1. The molecule has 29 heavy (non-hydrogen) atoms. The van der Waals surface area contributed by atoms with Crippen LogP contribution in [-0.4, -0.2) is 41.2 Å². The molecule has 4 rings (SSSR count). The quantitative estimate of drug-likeness (QED) is 0.588. The maximum Gasteiger partial charge on any atom is 0.231 e. The molecule has 6 nitrogen and oxygen atoms in total. The van der Waals surface area contributed by atoms with Crippen LogP contribution in [0.15, 0.2) is 65.8 Å². The zero-order valence-electron chi connectivity index (χ0n) is 15.7. The van der Waals surface area contributed by atoms with Gasteiger partial charge in [-0.1, -0.05) is 72.4 Å². The average Bonchev–Trinajstić information content (AvgIpc) is 3.31. The first-order chi connectivity index (χ1) is 14.0. The summed E-state index contributed by atoms with van der Waals surface area (Å²) in [6.07, 6.45) is 1.08. The SMILES string of the molecule is O=C(CSc1nc(-c2ccccc2)c(-c2ccccc2)[nH]1)NC1CCCS1(=O)=O. The number of benzene rings is 2. The van der Waals surface area contributed by atoms with Crippen LogP contribution in [0.25, 0.3) is 22.5 Å². The molecule has 1 atom stereocenters. The van der Waals surface area contributed by atoms with Gasteiger partial charge in [0.15, 0.2) is 15.0 Å². The van der Waals surface area contributed by atoms with Gasteiger partial charge in [-0.15, -0.1) is 0 Å². The first-order valence-corrected chi connectivity index (χ1v) is 12.1. The lowest BCUT2D eigenvalue weighted by Crippen LogP contribution is -2.38. The van der Waals surface area contributed by atoms with Crippen LogP contribution < -0.4 is 5.32 Å². The van der Waals surface area contributed by atoms with Gasteiger partial charge < -0.3 is 10.3 Å². The van der Waals surface area contributed by atoms with E-state index in [1.807, 2.05) is 60.7 Å². The first kappa shape index (κ1) is 19.7. The standard InChI is InChI=1S/C21H21N3O3S2/c25-17(22-18-12-7-13-29(18,26)27)14-28-21-23-19(15-8-3-1-4-9-15)20(24-21)16-10-5-2-6-11-16/h1-6,8-11,18H,7,12-14H2,(H,22,25)(H,23,24). The highest BCUT2D eigenvalue weighted by Crippen LogP contribution is 2.32. The van der Waals surface area contributed by atoms with Gasteiger partial charge in [0.05, 0.1) is 22.9 Å². The van der Waals surface area contributed by atoms with Gasteiger partial charge in [0.1, 0.15) is 5.37 Å². The van der Waals surface area contributed by atoms with Gasteiger partial charge in [-0.25, -0.2) is 13.4 Å². The molecule has 0 saturated carbocycles. The van der Waals surface area contributed by atoms with Crippen molar-refractivity contribution in [3.05, 3.63) is 60.7 Å². The molecule has 1 unspecified atom stereocenters. The summed E-state index contributed by atoms with van der Waals surface area (Å²) in [7, 11) is -3.20. The third-order valence-electron chi connectivity index (χ3n) is 4.78. The molecule has 3 aromatic rings. The van der Waals surface area contributed by atoms with Crippen molar-refractivity contribution in [2.75, 3.05) is 11.5 Å². The van der Waals surface area contributed by atoms with Crippen molar-refractivity contribution < 1.29 is 13.2 Å². The Labute approximate surface area is 174 Å². The number of aromatic nitrogens is 2. The van der Waals surface area contributed by atoms with Crippen LogP contribution in [0, 0.1) is 0 Å². The van der Waals surface area contributed by atoms with Gasteiger partial charge >= 0.3 is 0 Å². The Hall–Kier alpha value is -2.58. The van der Waals surface area contributed by atoms with Crippen molar-refractivity contribution in [2.45, 2.75) is 23.4 Å². The summed E-state index contributed by atoms with van der Waals surface area (Å²) in [5.74, 6) is -0.0593. The zero-order valence-corrected chi connectivity index (χ0v) is 17.3. The molecule has 1 amide bonds. The molecule has 8 heteroatoms. The third-order valence-corrected chi connectivity index (χ3v) is 7.73. The van der Waals surface area contributed by atoms with Crippen molar-refractivity contribution in [1.82, 2.24) is 15.3 Å².